The number of anilines is 1. The molecule has 3 rings (SSSR count). The number of hydrogen-bond donors (Lipinski definition) is 2. The van der Waals surface area contributed by atoms with Crippen molar-refractivity contribution < 1.29 is 0 Å². The van der Waals surface area contributed by atoms with Crippen molar-refractivity contribution in [3.8, 4) is 10.6 Å². The fourth-order valence-corrected chi connectivity index (χ4v) is 3.07. The Balaban J connectivity index is 2.23. The van der Waals surface area contributed by atoms with Gasteiger partial charge in [0.05, 0.1) is 22.5 Å². The summed E-state index contributed by atoms with van der Waals surface area (Å²) in [6, 6.07) is 8.36. The number of nitrogen functional groups attached to an aromatic ring is 1. The molecule has 0 fully saturated rings. The predicted octanol–water partition coefficient (Wildman–Crippen LogP) is 3.64. The number of thiophene rings is 1. The van der Waals surface area contributed by atoms with E-state index in [1.165, 1.54) is 10.1 Å². The highest BCUT2D eigenvalue weighted by molar-refractivity contribution is 9.10. The van der Waals surface area contributed by atoms with Gasteiger partial charge in [-0.3, -0.25) is 5.10 Å². The van der Waals surface area contributed by atoms with Crippen LogP contribution in [0.2, 0.25) is 0 Å². The zero-order valence-electron chi connectivity index (χ0n) is 8.20. The monoisotopic (exact) mass is 293 g/mol. The molecule has 0 amide bonds. The second kappa shape index (κ2) is 3.61. The molecule has 2 aromatic heterocycles. The Kier molecular flexibility index (Phi) is 2.22. The lowest BCUT2D eigenvalue weighted by atomic mass is 10.2. The van der Waals surface area contributed by atoms with Crippen LogP contribution < -0.4 is 5.73 Å². The van der Waals surface area contributed by atoms with Gasteiger partial charge >= 0.3 is 0 Å². The van der Waals surface area contributed by atoms with Crippen molar-refractivity contribution in [2.45, 2.75) is 0 Å². The Morgan fingerprint density at radius 1 is 1.31 bits per heavy atom. The number of fused-ring (bicyclic) bond motifs is 1. The fourth-order valence-electron chi connectivity index (χ4n) is 1.63. The summed E-state index contributed by atoms with van der Waals surface area (Å²) >= 11 is 5.17. The predicted molar refractivity (Wildman–Crippen MR) is 71.5 cm³/mol. The second-order valence-electron chi connectivity index (χ2n) is 3.49. The lowest BCUT2D eigenvalue weighted by molar-refractivity contribution is 1.10. The Morgan fingerprint density at radius 2 is 2.19 bits per heavy atom. The molecule has 0 unspecified atom stereocenters. The maximum Gasteiger partial charge on any atom is 0.0980 e. The van der Waals surface area contributed by atoms with Crippen molar-refractivity contribution in [1.29, 1.82) is 0 Å². The zero-order valence-corrected chi connectivity index (χ0v) is 10.6. The van der Waals surface area contributed by atoms with Crippen LogP contribution in [-0.2, 0) is 0 Å². The Bertz CT molecular complexity index is 656. The van der Waals surface area contributed by atoms with Crippen LogP contribution in [0.1, 0.15) is 0 Å². The summed E-state index contributed by atoms with van der Waals surface area (Å²) in [4.78, 5) is 1.11. The first-order chi connectivity index (χ1) is 7.74. The molecule has 1 aromatic carbocycles. The standard InChI is InChI=1S/C11H8BrN3S/c12-7-1-2-9-6(3-7)4-10(16-9)11-8(13)5-14-15-11/h1-5H,13H2,(H,14,15). The lowest BCUT2D eigenvalue weighted by Gasteiger charge is -1.91. The molecule has 3 aromatic rings. The van der Waals surface area contributed by atoms with Crippen molar-refractivity contribution in [2.24, 2.45) is 0 Å². The minimum atomic E-state index is 0.686. The van der Waals surface area contributed by atoms with E-state index in [2.05, 4.69) is 44.3 Å². The highest BCUT2D eigenvalue weighted by atomic mass is 79.9. The van der Waals surface area contributed by atoms with Crippen LogP contribution in [0.5, 0.6) is 0 Å². The zero-order chi connectivity index (χ0) is 11.1. The van der Waals surface area contributed by atoms with Gasteiger partial charge in [0, 0.05) is 9.17 Å². The minimum absolute atomic E-state index is 0.686. The largest absolute Gasteiger partial charge is 0.396 e. The maximum atomic E-state index is 5.83. The number of hydrogen-bond acceptors (Lipinski definition) is 3. The van der Waals surface area contributed by atoms with E-state index >= 15 is 0 Å². The topological polar surface area (TPSA) is 54.7 Å². The first-order valence-electron chi connectivity index (χ1n) is 4.72. The molecule has 0 bridgehead atoms. The number of nitrogens with zero attached hydrogens (tertiary/aromatic N) is 1. The minimum Gasteiger partial charge on any atom is -0.396 e. The van der Waals surface area contributed by atoms with Gasteiger partial charge in [-0.25, -0.2) is 0 Å². The molecular formula is C11H8BrN3S. The number of nitrogens with one attached hydrogen (secondary N) is 1. The first kappa shape index (κ1) is 9.86. The van der Waals surface area contributed by atoms with Gasteiger partial charge in [0.1, 0.15) is 0 Å². The number of halogens is 1. The average molecular weight is 294 g/mol. The third-order valence-corrected chi connectivity index (χ3v) is 4.02. The fraction of sp³-hybridized carbons (Fsp3) is 0. The van der Waals surface area contributed by atoms with Crippen LogP contribution in [0.3, 0.4) is 0 Å². The van der Waals surface area contributed by atoms with Crippen LogP contribution in [0.4, 0.5) is 5.69 Å². The number of nitrogens with two attached hydrogens (primary N) is 1. The number of H-pyrrole nitrogens is 1. The summed E-state index contributed by atoms with van der Waals surface area (Å²) in [6.45, 7) is 0. The molecule has 0 saturated carbocycles. The second-order valence-corrected chi connectivity index (χ2v) is 5.49. The first-order valence-corrected chi connectivity index (χ1v) is 6.33. The third kappa shape index (κ3) is 1.52. The van der Waals surface area contributed by atoms with E-state index in [4.69, 9.17) is 5.73 Å². The van der Waals surface area contributed by atoms with Gasteiger partial charge in [-0.05, 0) is 29.7 Å². The van der Waals surface area contributed by atoms with Gasteiger partial charge in [-0.1, -0.05) is 15.9 Å². The highest BCUT2D eigenvalue weighted by Gasteiger charge is 2.08. The van der Waals surface area contributed by atoms with E-state index < -0.39 is 0 Å². The van der Waals surface area contributed by atoms with E-state index in [0.717, 1.165) is 15.0 Å². The quantitative estimate of drug-likeness (QED) is 0.720. The van der Waals surface area contributed by atoms with Gasteiger partial charge in [0.25, 0.3) is 0 Å². The van der Waals surface area contributed by atoms with Crippen LogP contribution >= 0.6 is 27.3 Å². The molecule has 80 valence electrons. The van der Waals surface area contributed by atoms with Gasteiger partial charge in [0.15, 0.2) is 0 Å². The Morgan fingerprint density at radius 3 is 2.94 bits per heavy atom. The van der Waals surface area contributed by atoms with Gasteiger partial charge in [-0.15, -0.1) is 11.3 Å². The highest BCUT2D eigenvalue weighted by Crippen LogP contribution is 2.35. The van der Waals surface area contributed by atoms with Crippen LogP contribution in [0.25, 0.3) is 20.7 Å². The molecular weight excluding hydrogens is 286 g/mol. The van der Waals surface area contributed by atoms with Gasteiger partial charge in [-0.2, -0.15) is 5.10 Å². The molecule has 16 heavy (non-hydrogen) atoms. The average Bonchev–Trinajstić information content (AvgIpc) is 2.82. The van der Waals surface area contributed by atoms with Crippen LogP contribution in [0.15, 0.2) is 34.9 Å². The number of aromatic nitrogens is 2. The Hall–Kier alpha value is -1.33. The van der Waals surface area contributed by atoms with Crippen LogP contribution in [-0.4, -0.2) is 10.2 Å². The number of rotatable bonds is 1. The van der Waals surface area contributed by atoms with Crippen molar-refractivity contribution in [3.05, 3.63) is 34.9 Å². The SMILES string of the molecule is Nc1cn[nH]c1-c1cc2cc(Br)ccc2s1. The molecule has 0 aliphatic rings. The van der Waals surface area contributed by atoms with Crippen molar-refractivity contribution in [3.63, 3.8) is 0 Å². The molecule has 0 atom stereocenters. The smallest absolute Gasteiger partial charge is 0.0980 e. The van der Waals surface area contributed by atoms with Gasteiger partial charge < -0.3 is 5.73 Å². The van der Waals surface area contributed by atoms with Gasteiger partial charge in [0.2, 0.25) is 0 Å². The molecule has 0 radical (unpaired) electrons. The molecule has 3 nitrogen and oxygen atoms in total. The maximum absolute atomic E-state index is 5.83. The molecule has 3 N–H and O–H groups in total. The summed E-state index contributed by atoms with van der Waals surface area (Å²) in [5, 5.41) is 8.07. The van der Waals surface area contributed by atoms with E-state index in [9.17, 15) is 0 Å². The summed E-state index contributed by atoms with van der Waals surface area (Å²) < 4.78 is 2.33. The molecule has 0 saturated heterocycles. The molecule has 5 heteroatoms. The summed E-state index contributed by atoms with van der Waals surface area (Å²) in [5.74, 6) is 0. The van der Waals surface area contributed by atoms with E-state index in [-0.39, 0.29) is 0 Å². The van der Waals surface area contributed by atoms with E-state index in [1.54, 1.807) is 17.5 Å². The summed E-state index contributed by atoms with van der Waals surface area (Å²) in [7, 11) is 0. The molecule has 0 aliphatic carbocycles. The van der Waals surface area contributed by atoms with Crippen molar-refractivity contribution in [2.75, 3.05) is 5.73 Å². The van der Waals surface area contributed by atoms with Crippen molar-refractivity contribution in [1.82, 2.24) is 10.2 Å². The number of aromatic amines is 1. The van der Waals surface area contributed by atoms with Crippen LogP contribution in [0, 0.1) is 0 Å². The molecule has 0 aliphatic heterocycles. The third-order valence-electron chi connectivity index (χ3n) is 2.39. The van der Waals surface area contributed by atoms with Crippen molar-refractivity contribution >= 4 is 43.0 Å². The van der Waals surface area contributed by atoms with E-state index in [0.29, 0.717) is 5.69 Å². The summed E-state index contributed by atoms with van der Waals surface area (Å²) in [5.41, 5.74) is 7.41. The number of benzene rings is 1. The Labute approximate surface area is 104 Å². The normalized spacial score (nSPS) is 11.1. The molecule has 0 spiro atoms. The summed E-state index contributed by atoms with van der Waals surface area (Å²) in [6.07, 6.45) is 1.63. The lowest BCUT2D eigenvalue weighted by Crippen LogP contribution is -1.83. The van der Waals surface area contributed by atoms with E-state index in [1.807, 2.05) is 6.07 Å². The molecule has 2 heterocycles.